The van der Waals surface area contributed by atoms with Crippen LogP contribution in [0.3, 0.4) is 0 Å². The molecule has 5 nitrogen and oxygen atoms in total. The molecule has 106 valence electrons. The third-order valence-corrected chi connectivity index (χ3v) is 2.98. The molecular formula is C14H24N4O. The summed E-state index contributed by atoms with van der Waals surface area (Å²) in [6.07, 6.45) is 2.60. The second-order valence-corrected chi connectivity index (χ2v) is 5.69. The zero-order chi connectivity index (χ0) is 14.5. The quantitative estimate of drug-likeness (QED) is 0.818. The molecule has 0 bridgehead atoms. The minimum Gasteiger partial charge on any atom is -0.384 e. The molecule has 1 aromatic rings. The van der Waals surface area contributed by atoms with Crippen molar-refractivity contribution in [3.05, 3.63) is 24.0 Å². The Morgan fingerprint density at radius 1 is 1.47 bits per heavy atom. The van der Waals surface area contributed by atoms with Crippen molar-refractivity contribution in [1.82, 2.24) is 9.88 Å². The second-order valence-electron chi connectivity index (χ2n) is 5.69. The van der Waals surface area contributed by atoms with Crippen LogP contribution in [0.25, 0.3) is 0 Å². The standard InChI is InChI=1S/C14H24N4O/c1-14(2,6-7-15)10-17-11-5-8-16-12(9-11)13(19)18(3)4/h5,8-9H,6-7,10,15H2,1-4H3,(H,16,17). The van der Waals surface area contributed by atoms with Crippen LogP contribution in [0.4, 0.5) is 5.69 Å². The number of hydrogen-bond donors (Lipinski definition) is 2. The number of nitrogens with one attached hydrogen (secondary N) is 1. The van der Waals surface area contributed by atoms with E-state index in [0.29, 0.717) is 12.2 Å². The molecule has 0 saturated carbocycles. The SMILES string of the molecule is CN(C)C(=O)c1cc(NCC(C)(C)CCN)ccn1. The van der Waals surface area contributed by atoms with Crippen LogP contribution in [0.5, 0.6) is 0 Å². The maximum Gasteiger partial charge on any atom is 0.272 e. The summed E-state index contributed by atoms with van der Waals surface area (Å²) in [4.78, 5) is 17.4. The first-order valence-electron chi connectivity index (χ1n) is 6.47. The normalized spacial score (nSPS) is 11.2. The highest BCUT2D eigenvalue weighted by Crippen LogP contribution is 2.20. The summed E-state index contributed by atoms with van der Waals surface area (Å²) in [7, 11) is 3.43. The van der Waals surface area contributed by atoms with Crippen LogP contribution in [0.1, 0.15) is 30.8 Å². The molecule has 5 heteroatoms. The van der Waals surface area contributed by atoms with Crippen molar-refractivity contribution in [2.75, 3.05) is 32.5 Å². The molecule has 0 saturated heterocycles. The summed E-state index contributed by atoms with van der Waals surface area (Å²) >= 11 is 0. The van der Waals surface area contributed by atoms with Gasteiger partial charge in [-0.1, -0.05) is 13.8 Å². The van der Waals surface area contributed by atoms with Gasteiger partial charge in [-0.25, -0.2) is 0 Å². The number of rotatable bonds is 6. The van der Waals surface area contributed by atoms with Gasteiger partial charge in [0.2, 0.25) is 0 Å². The van der Waals surface area contributed by atoms with E-state index in [-0.39, 0.29) is 11.3 Å². The second kappa shape index (κ2) is 6.52. The Balaban J connectivity index is 2.70. The van der Waals surface area contributed by atoms with Gasteiger partial charge in [0, 0.05) is 32.5 Å². The van der Waals surface area contributed by atoms with Crippen molar-refractivity contribution < 1.29 is 4.79 Å². The fraction of sp³-hybridized carbons (Fsp3) is 0.571. The lowest BCUT2D eigenvalue weighted by molar-refractivity contribution is 0.0822. The number of amides is 1. The highest BCUT2D eigenvalue weighted by Gasteiger charge is 2.17. The van der Waals surface area contributed by atoms with Gasteiger partial charge in [0.15, 0.2) is 0 Å². The Morgan fingerprint density at radius 2 is 2.16 bits per heavy atom. The summed E-state index contributed by atoms with van der Waals surface area (Å²) in [5.74, 6) is -0.0927. The topological polar surface area (TPSA) is 71.2 Å². The number of anilines is 1. The monoisotopic (exact) mass is 264 g/mol. The zero-order valence-corrected chi connectivity index (χ0v) is 12.2. The van der Waals surface area contributed by atoms with Crippen molar-refractivity contribution in [1.29, 1.82) is 0 Å². The third-order valence-electron chi connectivity index (χ3n) is 2.98. The van der Waals surface area contributed by atoms with Gasteiger partial charge in [0.1, 0.15) is 5.69 Å². The van der Waals surface area contributed by atoms with Gasteiger partial charge in [-0.15, -0.1) is 0 Å². The Bertz CT molecular complexity index is 429. The summed E-state index contributed by atoms with van der Waals surface area (Å²) in [6.45, 7) is 5.82. The van der Waals surface area contributed by atoms with Crippen molar-refractivity contribution in [2.24, 2.45) is 11.1 Å². The van der Waals surface area contributed by atoms with Crippen LogP contribution in [0.15, 0.2) is 18.3 Å². The molecule has 1 heterocycles. The van der Waals surface area contributed by atoms with Crippen LogP contribution in [-0.2, 0) is 0 Å². The molecule has 0 spiro atoms. The molecule has 0 atom stereocenters. The highest BCUT2D eigenvalue weighted by atomic mass is 16.2. The van der Waals surface area contributed by atoms with Crippen molar-refractivity contribution in [3.63, 3.8) is 0 Å². The summed E-state index contributed by atoms with van der Waals surface area (Å²) in [5, 5.41) is 3.34. The first-order chi connectivity index (χ1) is 8.85. The first kappa shape index (κ1) is 15.4. The molecule has 19 heavy (non-hydrogen) atoms. The summed E-state index contributed by atoms with van der Waals surface area (Å²) < 4.78 is 0. The average Bonchev–Trinajstić information content (AvgIpc) is 2.36. The molecule has 0 aliphatic heterocycles. The minimum absolute atomic E-state index is 0.0927. The van der Waals surface area contributed by atoms with Crippen LogP contribution >= 0.6 is 0 Å². The van der Waals surface area contributed by atoms with E-state index in [0.717, 1.165) is 18.7 Å². The highest BCUT2D eigenvalue weighted by molar-refractivity contribution is 5.92. The largest absolute Gasteiger partial charge is 0.384 e. The number of nitrogens with zero attached hydrogens (tertiary/aromatic N) is 2. The van der Waals surface area contributed by atoms with Crippen LogP contribution in [0.2, 0.25) is 0 Å². The lowest BCUT2D eigenvalue weighted by Crippen LogP contribution is -2.26. The number of hydrogen-bond acceptors (Lipinski definition) is 4. The van der Waals surface area contributed by atoms with Crippen LogP contribution in [0, 0.1) is 5.41 Å². The minimum atomic E-state index is -0.0927. The molecule has 1 aromatic heterocycles. The fourth-order valence-electron chi connectivity index (χ4n) is 1.71. The van der Waals surface area contributed by atoms with Gasteiger partial charge in [-0.3, -0.25) is 9.78 Å². The Hall–Kier alpha value is -1.62. The van der Waals surface area contributed by atoms with Gasteiger partial charge >= 0.3 is 0 Å². The van der Waals surface area contributed by atoms with Gasteiger partial charge < -0.3 is 16.0 Å². The van der Waals surface area contributed by atoms with Crippen molar-refractivity contribution >= 4 is 11.6 Å². The molecule has 1 amide bonds. The van der Waals surface area contributed by atoms with Gasteiger partial charge in [-0.05, 0) is 30.5 Å². The van der Waals surface area contributed by atoms with Crippen LogP contribution < -0.4 is 11.1 Å². The molecule has 0 aromatic carbocycles. The Kier molecular flexibility index (Phi) is 5.30. The zero-order valence-electron chi connectivity index (χ0n) is 12.2. The number of carbonyl (C=O) groups excluding carboxylic acids is 1. The van der Waals surface area contributed by atoms with Gasteiger partial charge in [0.05, 0.1) is 0 Å². The van der Waals surface area contributed by atoms with E-state index in [1.165, 1.54) is 4.90 Å². The molecule has 0 aliphatic rings. The summed E-state index contributed by atoms with van der Waals surface area (Å²) in [6, 6.07) is 3.64. The third kappa shape index (κ3) is 4.87. The summed E-state index contributed by atoms with van der Waals surface area (Å²) in [5.41, 5.74) is 7.08. The van der Waals surface area contributed by atoms with Crippen molar-refractivity contribution in [3.8, 4) is 0 Å². The maximum atomic E-state index is 11.8. The van der Waals surface area contributed by atoms with E-state index in [1.54, 1.807) is 26.4 Å². The molecule has 0 aliphatic carbocycles. The molecule has 1 rings (SSSR count). The Morgan fingerprint density at radius 3 is 2.74 bits per heavy atom. The first-order valence-corrected chi connectivity index (χ1v) is 6.47. The molecule has 3 N–H and O–H groups in total. The molecule has 0 unspecified atom stereocenters. The van der Waals surface area contributed by atoms with E-state index in [9.17, 15) is 4.79 Å². The molecule has 0 fully saturated rings. The average molecular weight is 264 g/mol. The lowest BCUT2D eigenvalue weighted by atomic mass is 9.89. The fourth-order valence-corrected chi connectivity index (χ4v) is 1.71. The Labute approximate surface area is 115 Å². The number of carbonyl (C=O) groups is 1. The van der Waals surface area contributed by atoms with Gasteiger partial charge in [0.25, 0.3) is 5.91 Å². The van der Waals surface area contributed by atoms with Crippen molar-refractivity contribution in [2.45, 2.75) is 20.3 Å². The van der Waals surface area contributed by atoms with Gasteiger partial charge in [-0.2, -0.15) is 0 Å². The maximum absolute atomic E-state index is 11.8. The smallest absolute Gasteiger partial charge is 0.272 e. The lowest BCUT2D eigenvalue weighted by Gasteiger charge is -2.24. The van der Waals surface area contributed by atoms with E-state index in [2.05, 4.69) is 24.1 Å². The van der Waals surface area contributed by atoms with Crippen LogP contribution in [-0.4, -0.2) is 43.0 Å². The van der Waals surface area contributed by atoms with E-state index in [4.69, 9.17) is 5.73 Å². The van der Waals surface area contributed by atoms with E-state index < -0.39 is 0 Å². The molecule has 0 radical (unpaired) electrons. The number of pyridine rings is 1. The predicted octanol–water partition coefficient (Wildman–Crippen LogP) is 1.57. The number of aromatic nitrogens is 1. The number of nitrogens with two attached hydrogens (primary N) is 1. The van der Waals surface area contributed by atoms with E-state index >= 15 is 0 Å². The van der Waals surface area contributed by atoms with E-state index in [1.807, 2.05) is 6.07 Å². The predicted molar refractivity (Wildman–Crippen MR) is 78.2 cm³/mol. The molecular weight excluding hydrogens is 240 g/mol.